The first-order valence-corrected chi connectivity index (χ1v) is 10.3. The van der Waals surface area contributed by atoms with Crippen LogP contribution in [0.15, 0.2) is 77.2 Å². The van der Waals surface area contributed by atoms with Gasteiger partial charge in [0.1, 0.15) is 5.15 Å². The van der Waals surface area contributed by atoms with Crippen LogP contribution in [0, 0.1) is 0 Å². The van der Waals surface area contributed by atoms with Crippen LogP contribution in [0.2, 0.25) is 5.15 Å². The first-order chi connectivity index (χ1) is 14.1. The summed E-state index contributed by atoms with van der Waals surface area (Å²) in [4.78, 5) is 21.3. The first-order valence-electron chi connectivity index (χ1n) is 9.09. The quantitative estimate of drug-likeness (QED) is 0.524. The van der Waals surface area contributed by atoms with Gasteiger partial charge in [0.2, 0.25) is 0 Å². The Morgan fingerprint density at radius 2 is 2.07 bits per heavy atom. The Morgan fingerprint density at radius 1 is 1.17 bits per heavy atom. The molecule has 0 bridgehead atoms. The monoisotopic (exact) mass is 465 g/mol. The molecule has 4 nitrogen and oxygen atoms in total. The minimum absolute atomic E-state index is 0.0937. The lowest BCUT2D eigenvalue weighted by Gasteiger charge is -2.09. The van der Waals surface area contributed by atoms with E-state index in [1.54, 1.807) is 24.7 Å². The maximum Gasteiger partial charge on any atom is 0.252 e. The molecule has 2 aromatic heterocycles. The highest BCUT2D eigenvalue weighted by Gasteiger charge is 2.25. The van der Waals surface area contributed by atoms with Gasteiger partial charge in [-0.2, -0.15) is 0 Å². The van der Waals surface area contributed by atoms with Gasteiger partial charge in [-0.05, 0) is 58.5 Å². The average molecular weight is 467 g/mol. The SMILES string of the molecule is O=C(NCc1cccnc1)C1=C(/C=C/c2ccc(Cl)nc2)Cc2cc(Br)ccc21. The van der Waals surface area contributed by atoms with E-state index >= 15 is 0 Å². The van der Waals surface area contributed by atoms with Gasteiger partial charge in [-0.25, -0.2) is 4.98 Å². The molecular formula is C23H17BrClN3O. The first kappa shape index (κ1) is 19.6. The summed E-state index contributed by atoms with van der Waals surface area (Å²) in [5.41, 5.74) is 5.64. The van der Waals surface area contributed by atoms with Gasteiger partial charge in [-0.1, -0.05) is 57.9 Å². The van der Waals surface area contributed by atoms with Gasteiger partial charge in [0.15, 0.2) is 0 Å². The molecule has 1 amide bonds. The van der Waals surface area contributed by atoms with Gasteiger partial charge in [0.25, 0.3) is 5.91 Å². The Labute approximate surface area is 182 Å². The van der Waals surface area contributed by atoms with Gasteiger partial charge in [-0.15, -0.1) is 0 Å². The van der Waals surface area contributed by atoms with Crippen LogP contribution in [0.25, 0.3) is 11.6 Å². The lowest BCUT2D eigenvalue weighted by atomic mass is 10.0. The van der Waals surface area contributed by atoms with Crippen molar-refractivity contribution in [3.8, 4) is 0 Å². The number of hydrogen-bond acceptors (Lipinski definition) is 3. The molecule has 0 saturated heterocycles. The molecule has 144 valence electrons. The highest BCUT2D eigenvalue weighted by molar-refractivity contribution is 9.10. The summed E-state index contributed by atoms with van der Waals surface area (Å²) in [5, 5.41) is 3.47. The topological polar surface area (TPSA) is 54.9 Å². The molecule has 29 heavy (non-hydrogen) atoms. The summed E-state index contributed by atoms with van der Waals surface area (Å²) in [6.07, 6.45) is 9.81. The Morgan fingerprint density at radius 3 is 2.83 bits per heavy atom. The maximum absolute atomic E-state index is 13.1. The van der Waals surface area contributed by atoms with Crippen LogP contribution in [0.1, 0.15) is 22.3 Å². The van der Waals surface area contributed by atoms with Crippen molar-refractivity contribution in [1.29, 1.82) is 0 Å². The van der Waals surface area contributed by atoms with Crippen LogP contribution in [0.3, 0.4) is 0 Å². The smallest absolute Gasteiger partial charge is 0.252 e. The van der Waals surface area contributed by atoms with E-state index in [9.17, 15) is 4.79 Å². The number of pyridine rings is 2. The zero-order valence-corrected chi connectivity index (χ0v) is 17.7. The lowest BCUT2D eigenvalue weighted by molar-refractivity contribution is -0.115. The van der Waals surface area contributed by atoms with E-state index in [0.717, 1.165) is 32.3 Å². The molecule has 0 aliphatic heterocycles. The third-order valence-corrected chi connectivity index (χ3v) is 5.39. The van der Waals surface area contributed by atoms with Crippen molar-refractivity contribution in [3.63, 3.8) is 0 Å². The molecule has 1 aliphatic rings. The van der Waals surface area contributed by atoms with Gasteiger partial charge in [0, 0.05) is 29.6 Å². The fourth-order valence-corrected chi connectivity index (χ4v) is 3.81. The van der Waals surface area contributed by atoms with Crippen molar-refractivity contribution < 1.29 is 4.79 Å². The third kappa shape index (κ3) is 4.63. The van der Waals surface area contributed by atoms with Crippen LogP contribution in [0.4, 0.5) is 0 Å². The Bertz CT molecular complexity index is 1110. The zero-order valence-electron chi connectivity index (χ0n) is 15.4. The molecule has 0 saturated carbocycles. The maximum atomic E-state index is 13.1. The van der Waals surface area contributed by atoms with Crippen molar-refractivity contribution >= 4 is 45.1 Å². The van der Waals surface area contributed by atoms with Crippen molar-refractivity contribution in [2.45, 2.75) is 13.0 Å². The predicted molar refractivity (Wildman–Crippen MR) is 119 cm³/mol. The number of nitrogens with one attached hydrogen (secondary N) is 1. The summed E-state index contributed by atoms with van der Waals surface area (Å²) in [7, 11) is 0. The highest BCUT2D eigenvalue weighted by Crippen LogP contribution is 2.35. The molecule has 4 rings (SSSR count). The van der Waals surface area contributed by atoms with E-state index in [-0.39, 0.29) is 5.91 Å². The largest absolute Gasteiger partial charge is 0.348 e. The fourth-order valence-electron chi connectivity index (χ4n) is 3.29. The molecule has 1 N–H and O–H groups in total. The normalized spacial score (nSPS) is 13.0. The van der Waals surface area contributed by atoms with Crippen molar-refractivity contribution in [2.75, 3.05) is 0 Å². The molecule has 0 radical (unpaired) electrons. The van der Waals surface area contributed by atoms with E-state index in [1.807, 2.05) is 42.5 Å². The zero-order chi connectivity index (χ0) is 20.2. The minimum atomic E-state index is -0.0937. The number of carbonyl (C=O) groups excluding carboxylic acids is 1. The number of allylic oxidation sites excluding steroid dienone is 2. The van der Waals surface area contributed by atoms with Crippen molar-refractivity contribution in [3.05, 3.63) is 105 Å². The number of carbonyl (C=O) groups is 1. The molecule has 1 aromatic carbocycles. The fraction of sp³-hybridized carbons (Fsp3) is 0.0870. The predicted octanol–water partition coefficient (Wildman–Crippen LogP) is 5.23. The lowest BCUT2D eigenvalue weighted by Crippen LogP contribution is -2.24. The molecular weight excluding hydrogens is 450 g/mol. The summed E-state index contributed by atoms with van der Waals surface area (Å²) in [6.45, 7) is 0.431. The van der Waals surface area contributed by atoms with Crippen molar-refractivity contribution in [1.82, 2.24) is 15.3 Å². The second kappa shape index (κ2) is 8.72. The summed E-state index contributed by atoms with van der Waals surface area (Å²) in [6, 6.07) is 13.5. The number of fused-ring (bicyclic) bond motifs is 1. The van der Waals surface area contributed by atoms with Crippen LogP contribution in [-0.2, 0) is 17.8 Å². The van der Waals surface area contributed by atoms with Crippen LogP contribution in [-0.4, -0.2) is 15.9 Å². The Kier molecular flexibility index (Phi) is 5.88. The molecule has 3 aromatic rings. The summed E-state index contributed by atoms with van der Waals surface area (Å²) < 4.78 is 0.999. The van der Waals surface area contributed by atoms with Crippen molar-refractivity contribution in [2.24, 2.45) is 0 Å². The Hall–Kier alpha value is -2.76. The second-order valence-electron chi connectivity index (χ2n) is 6.67. The number of halogens is 2. The minimum Gasteiger partial charge on any atom is -0.348 e. The third-order valence-electron chi connectivity index (χ3n) is 4.67. The van der Waals surface area contributed by atoms with Gasteiger partial charge >= 0.3 is 0 Å². The summed E-state index contributed by atoms with van der Waals surface area (Å²) in [5.74, 6) is -0.0937. The Balaban J connectivity index is 1.63. The number of nitrogens with zero attached hydrogens (tertiary/aromatic N) is 2. The second-order valence-corrected chi connectivity index (χ2v) is 7.97. The molecule has 6 heteroatoms. The highest BCUT2D eigenvalue weighted by atomic mass is 79.9. The molecule has 0 unspecified atom stereocenters. The van der Waals surface area contributed by atoms with Crippen LogP contribution < -0.4 is 5.32 Å². The van der Waals surface area contributed by atoms with E-state index < -0.39 is 0 Å². The molecule has 2 heterocycles. The molecule has 0 spiro atoms. The molecule has 0 atom stereocenters. The number of rotatable bonds is 5. The van der Waals surface area contributed by atoms with Gasteiger partial charge < -0.3 is 5.32 Å². The number of hydrogen-bond donors (Lipinski definition) is 1. The van der Waals surface area contributed by atoms with E-state index in [1.165, 1.54) is 0 Å². The van der Waals surface area contributed by atoms with Gasteiger partial charge in [0.05, 0.1) is 5.57 Å². The standard InChI is InChI=1S/C23H17BrClN3O/c24-19-6-7-20-18(11-19)10-17(5-3-15-4-8-21(25)27-13-15)22(20)23(29)28-14-16-2-1-9-26-12-16/h1-9,11-13H,10,14H2,(H,28,29)/b5-3+. The summed E-state index contributed by atoms with van der Waals surface area (Å²) >= 11 is 9.38. The van der Waals surface area contributed by atoms with Gasteiger partial charge in [-0.3, -0.25) is 9.78 Å². The molecule has 1 aliphatic carbocycles. The van der Waals surface area contributed by atoms with E-state index in [4.69, 9.17) is 11.6 Å². The number of amides is 1. The van der Waals surface area contributed by atoms with Crippen LogP contribution >= 0.6 is 27.5 Å². The average Bonchev–Trinajstić information content (AvgIpc) is 3.10. The van der Waals surface area contributed by atoms with E-state index in [0.29, 0.717) is 23.7 Å². The molecule has 0 fully saturated rings. The number of aromatic nitrogens is 2. The van der Waals surface area contributed by atoms with Crippen LogP contribution in [0.5, 0.6) is 0 Å². The van der Waals surface area contributed by atoms with E-state index in [2.05, 4.69) is 37.3 Å². The number of benzene rings is 1.